The molecular weight excluding hydrogens is 228 g/mol. The Morgan fingerprint density at radius 2 is 2.17 bits per heavy atom. The van der Waals surface area contributed by atoms with Crippen molar-refractivity contribution < 1.29 is 4.79 Å². The number of nitrogens with two attached hydrogens (primary N) is 1. The van der Waals surface area contributed by atoms with Crippen LogP contribution in [0.1, 0.15) is 31.2 Å². The molecule has 0 aliphatic heterocycles. The lowest BCUT2D eigenvalue weighted by molar-refractivity contribution is -0.132. The first-order valence-corrected chi connectivity index (χ1v) is 6.47. The number of amides is 1. The molecule has 1 atom stereocenters. The maximum atomic E-state index is 12.2. The van der Waals surface area contributed by atoms with Gasteiger partial charge in [-0.15, -0.1) is 0 Å². The van der Waals surface area contributed by atoms with Gasteiger partial charge in [0.2, 0.25) is 5.91 Å². The summed E-state index contributed by atoms with van der Waals surface area (Å²) in [6, 6.07) is 0.326. The standard InChI is InChI=1S/C13H22N4O/c1-8-13(14)10(3)17(15-8)7-12(18)16(4)9(2)11-5-6-11/h9,11H,5-7,14H2,1-4H3. The molecule has 0 spiro atoms. The van der Waals surface area contributed by atoms with E-state index in [1.807, 2.05) is 25.8 Å². The van der Waals surface area contributed by atoms with E-state index < -0.39 is 0 Å². The van der Waals surface area contributed by atoms with Crippen molar-refractivity contribution in [2.24, 2.45) is 5.92 Å². The quantitative estimate of drug-likeness (QED) is 0.877. The molecule has 18 heavy (non-hydrogen) atoms. The summed E-state index contributed by atoms with van der Waals surface area (Å²) in [4.78, 5) is 14.0. The lowest BCUT2D eigenvalue weighted by Crippen LogP contribution is -2.38. The number of rotatable bonds is 4. The molecule has 1 fully saturated rings. The number of carbonyl (C=O) groups is 1. The van der Waals surface area contributed by atoms with Crippen molar-refractivity contribution in [3.05, 3.63) is 11.4 Å². The minimum atomic E-state index is 0.0972. The molecule has 100 valence electrons. The van der Waals surface area contributed by atoms with E-state index in [1.54, 1.807) is 4.68 Å². The number of hydrogen-bond donors (Lipinski definition) is 1. The number of aromatic nitrogens is 2. The number of carbonyl (C=O) groups excluding carboxylic acids is 1. The van der Waals surface area contributed by atoms with Crippen LogP contribution in [0, 0.1) is 19.8 Å². The lowest BCUT2D eigenvalue weighted by Gasteiger charge is -2.25. The van der Waals surface area contributed by atoms with E-state index >= 15 is 0 Å². The normalized spacial score (nSPS) is 16.7. The molecule has 0 bridgehead atoms. The predicted octanol–water partition coefficient (Wildman–Crippen LogP) is 1.34. The average molecular weight is 250 g/mol. The van der Waals surface area contributed by atoms with Crippen LogP contribution in [0.3, 0.4) is 0 Å². The zero-order valence-corrected chi connectivity index (χ0v) is 11.6. The summed E-state index contributed by atoms with van der Waals surface area (Å²) in [7, 11) is 1.88. The molecule has 0 aromatic carbocycles. The first-order chi connectivity index (χ1) is 8.41. The number of likely N-dealkylation sites (N-methyl/N-ethyl adjacent to an activating group) is 1. The number of nitrogen functional groups attached to an aromatic ring is 1. The Bertz CT molecular complexity index is 462. The Morgan fingerprint density at radius 1 is 1.56 bits per heavy atom. The maximum absolute atomic E-state index is 12.2. The van der Waals surface area contributed by atoms with E-state index in [4.69, 9.17) is 5.73 Å². The first kappa shape index (κ1) is 12.9. The van der Waals surface area contributed by atoms with Crippen LogP contribution < -0.4 is 5.73 Å². The summed E-state index contributed by atoms with van der Waals surface area (Å²) < 4.78 is 1.70. The van der Waals surface area contributed by atoms with Crippen LogP contribution >= 0.6 is 0 Å². The van der Waals surface area contributed by atoms with Crippen molar-refractivity contribution in [3.63, 3.8) is 0 Å². The van der Waals surface area contributed by atoms with E-state index in [0.717, 1.165) is 11.4 Å². The summed E-state index contributed by atoms with van der Waals surface area (Å²) in [5.41, 5.74) is 8.20. The molecule has 1 heterocycles. The van der Waals surface area contributed by atoms with Gasteiger partial charge in [-0.05, 0) is 39.5 Å². The Kier molecular flexibility index (Phi) is 3.32. The second kappa shape index (κ2) is 4.63. The van der Waals surface area contributed by atoms with Crippen LogP contribution in [-0.4, -0.2) is 33.7 Å². The first-order valence-electron chi connectivity index (χ1n) is 6.47. The van der Waals surface area contributed by atoms with Crippen molar-refractivity contribution in [1.82, 2.24) is 14.7 Å². The lowest BCUT2D eigenvalue weighted by atomic mass is 10.2. The van der Waals surface area contributed by atoms with E-state index in [-0.39, 0.29) is 12.5 Å². The smallest absolute Gasteiger partial charge is 0.244 e. The van der Waals surface area contributed by atoms with Crippen LogP contribution in [-0.2, 0) is 11.3 Å². The summed E-state index contributed by atoms with van der Waals surface area (Å²) >= 11 is 0. The number of anilines is 1. The number of nitrogens with zero attached hydrogens (tertiary/aromatic N) is 3. The van der Waals surface area contributed by atoms with E-state index in [1.165, 1.54) is 12.8 Å². The highest BCUT2D eigenvalue weighted by molar-refractivity contribution is 5.76. The van der Waals surface area contributed by atoms with Gasteiger partial charge in [-0.25, -0.2) is 0 Å². The molecule has 5 heteroatoms. The molecule has 0 saturated heterocycles. The molecule has 1 aliphatic carbocycles. The Balaban J connectivity index is 2.04. The van der Waals surface area contributed by atoms with Gasteiger partial charge in [0.05, 0.1) is 17.1 Å². The van der Waals surface area contributed by atoms with Gasteiger partial charge < -0.3 is 10.6 Å². The summed E-state index contributed by atoms with van der Waals surface area (Å²) in [5.74, 6) is 0.782. The fraction of sp³-hybridized carbons (Fsp3) is 0.692. The van der Waals surface area contributed by atoms with Crippen LogP contribution in [0.2, 0.25) is 0 Å². The van der Waals surface area contributed by atoms with Gasteiger partial charge in [0.15, 0.2) is 0 Å². The summed E-state index contributed by atoms with van der Waals surface area (Å²) in [6.45, 7) is 6.15. The number of aryl methyl sites for hydroxylation is 1. The fourth-order valence-corrected chi connectivity index (χ4v) is 2.23. The third kappa shape index (κ3) is 2.35. The van der Waals surface area contributed by atoms with Crippen LogP contribution in [0.5, 0.6) is 0 Å². The third-order valence-electron chi connectivity index (χ3n) is 4.03. The van der Waals surface area contributed by atoms with Gasteiger partial charge >= 0.3 is 0 Å². The predicted molar refractivity (Wildman–Crippen MR) is 71.1 cm³/mol. The van der Waals surface area contributed by atoms with Gasteiger partial charge in [0.1, 0.15) is 6.54 Å². The Morgan fingerprint density at radius 3 is 2.61 bits per heavy atom. The van der Waals surface area contributed by atoms with Crippen molar-refractivity contribution in [2.45, 2.75) is 46.2 Å². The Labute approximate surface area is 108 Å². The third-order valence-corrected chi connectivity index (χ3v) is 4.03. The number of hydrogen-bond acceptors (Lipinski definition) is 3. The maximum Gasteiger partial charge on any atom is 0.244 e. The molecule has 2 rings (SSSR count). The fourth-order valence-electron chi connectivity index (χ4n) is 2.23. The van der Waals surface area contributed by atoms with Gasteiger partial charge in [0, 0.05) is 13.1 Å². The molecule has 1 saturated carbocycles. The zero-order chi connectivity index (χ0) is 13.4. The van der Waals surface area contributed by atoms with Crippen molar-refractivity contribution in [3.8, 4) is 0 Å². The average Bonchev–Trinajstić information content (AvgIpc) is 3.14. The molecule has 1 aliphatic rings. The minimum absolute atomic E-state index is 0.0972. The van der Waals surface area contributed by atoms with Crippen molar-refractivity contribution in [1.29, 1.82) is 0 Å². The van der Waals surface area contributed by atoms with E-state index in [9.17, 15) is 4.79 Å². The van der Waals surface area contributed by atoms with Gasteiger partial charge in [0.25, 0.3) is 0 Å². The highest BCUT2D eigenvalue weighted by Crippen LogP contribution is 2.34. The van der Waals surface area contributed by atoms with Gasteiger partial charge in [-0.3, -0.25) is 9.48 Å². The zero-order valence-electron chi connectivity index (χ0n) is 11.6. The van der Waals surface area contributed by atoms with Crippen LogP contribution in [0.4, 0.5) is 5.69 Å². The van der Waals surface area contributed by atoms with Gasteiger partial charge in [-0.2, -0.15) is 5.10 Å². The molecule has 1 aromatic rings. The highest BCUT2D eigenvalue weighted by atomic mass is 16.2. The molecule has 1 aromatic heterocycles. The van der Waals surface area contributed by atoms with Crippen LogP contribution in [0.15, 0.2) is 0 Å². The molecule has 0 radical (unpaired) electrons. The van der Waals surface area contributed by atoms with Crippen molar-refractivity contribution in [2.75, 3.05) is 12.8 Å². The van der Waals surface area contributed by atoms with Crippen LogP contribution in [0.25, 0.3) is 0 Å². The Hall–Kier alpha value is -1.52. The second-order valence-corrected chi connectivity index (χ2v) is 5.32. The van der Waals surface area contributed by atoms with E-state index in [0.29, 0.717) is 17.6 Å². The monoisotopic (exact) mass is 250 g/mol. The largest absolute Gasteiger partial charge is 0.396 e. The molecular formula is C13H22N4O. The molecule has 1 amide bonds. The second-order valence-electron chi connectivity index (χ2n) is 5.32. The minimum Gasteiger partial charge on any atom is -0.396 e. The van der Waals surface area contributed by atoms with Crippen molar-refractivity contribution >= 4 is 11.6 Å². The molecule has 2 N–H and O–H groups in total. The summed E-state index contributed by atoms with van der Waals surface area (Å²) in [6.07, 6.45) is 2.48. The molecule has 5 nitrogen and oxygen atoms in total. The molecule has 1 unspecified atom stereocenters. The van der Waals surface area contributed by atoms with Gasteiger partial charge in [-0.1, -0.05) is 0 Å². The highest BCUT2D eigenvalue weighted by Gasteiger charge is 2.32. The van der Waals surface area contributed by atoms with E-state index in [2.05, 4.69) is 12.0 Å². The topological polar surface area (TPSA) is 64.2 Å². The summed E-state index contributed by atoms with van der Waals surface area (Å²) in [5, 5.41) is 4.30. The SMILES string of the molecule is Cc1nn(CC(=O)N(C)C(C)C2CC2)c(C)c1N.